The van der Waals surface area contributed by atoms with E-state index in [2.05, 4.69) is 6.07 Å². The summed E-state index contributed by atoms with van der Waals surface area (Å²) >= 11 is 0. The zero-order valence-corrected chi connectivity index (χ0v) is 9.70. The Morgan fingerprint density at radius 3 is 2.75 bits per heavy atom. The zero-order chi connectivity index (χ0) is 12.1. The van der Waals surface area contributed by atoms with Crippen molar-refractivity contribution in [2.75, 3.05) is 14.2 Å². The van der Waals surface area contributed by atoms with Crippen LogP contribution in [0, 0.1) is 17.1 Å². The van der Waals surface area contributed by atoms with E-state index in [1.54, 1.807) is 31.0 Å². The van der Waals surface area contributed by atoms with Crippen LogP contribution in [0.4, 0.5) is 4.39 Å². The third-order valence-corrected chi connectivity index (χ3v) is 2.53. The summed E-state index contributed by atoms with van der Waals surface area (Å²) in [4.78, 5) is 1.78. The van der Waals surface area contributed by atoms with E-state index in [0.29, 0.717) is 17.9 Å². The molecule has 1 aromatic carbocycles. The Morgan fingerprint density at radius 2 is 2.25 bits per heavy atom. The average Bonchev–Trinajstić information content (AvgIpc) is 2.30. The SMILES string of the molecule is COc1ccc(CN(C)C(C)C#N)c(F)c1. The zero-order valence-electron chi connectivity index (χ0n) is 9.70. The fourth-order valence-electron chi connectivity index (χ4n) is 1.29. The van der Waals surface area contributed by atoms with Crippen LogP contribution < -0.4 is 4.74 Å². The van der Waals surface area contributed by atoms with Gasteiger partial charge in [-0.3, -0.25) is 4.90 Å². The highest BCUT2D eigenvalue weighted by Crippen LogP contribution is 2.17. The third-order valence-electron chi connectivity index (χ3n) is 2.53. The molecule has 0 aliphatic heterocycles. The summed E-state index contributed by atoms with van der Waals surface area (Å²) in [6, 6.07) is 6.61. The van der Waals surface area contributed by atoms with Crippen LogP contribution in [0.2, 0.25) is 0 Å². The van der Waals surface area contributed by atoms with Gasteiger partial charge >= 0.3 is 0 Å². The first-order valence-electron chi connectivity index (χ1n) is 5.00. The first-order chi connectivity index (χ1) is 7.58. The molecule has 0 aromatic heterocycles. The van der Waals surface area contributed by atoms with Gasteiger partial charge in [-0.1, -0.05) is 6.07 Å². The number of nitrogens with zero attached hydrogens (tertiary/aromatic N) is 2. The molecule has 0 radical (unpaired) electrons. The first kappa shape index (κ1) is 12.5. The fourth-order valence-corrected chi connectivity index (χ4v) is 1.29. The number of methoxy groups -OCH3 is 1. The van der Waals surface area contributed by atoms with Crippen LogP contribution in [0.1, 0.15) is 12.5 Å². The van der Waals surface area contributed by atoms with Crippen LogP contribution in [0.15, 0.2) is 18.2 Å². The molecular weight excluding hydrogens is 207 g/mol. The minimum atomic E-state index is -0.309. The second-order valence-electron chi connectivity index (χ2n) is 3.68. The van der Waals surface area contributed by atoms with E-state index in [4.69, 9.17) is 10.00 Å². The lowest BCUT2D eigenvalue weighted by molar-refractivity contribution is 0.289. The van der Waals surface area contributed by atoms with Crippen LogP contribution in [0.3, 0.4) is 0 Å². The summed E-state index contributed by atoms with van der Waals surface area (Å²) in [7, 11) is 3.29. The molecule has 0 fully saturated rings. The van der Waals surface area contributed by atoms with Gasteiger partial charge in [0, 0.05) is 18.2 Å². The quantitative estimate of drug-likeness (QED) is 0.783. The normalized spacial score (nSPS) is 12.2. The highest BCUT2D eigenvalue weighted by Gasteiger charge is 2.11. The summed E-state index contributed by atoms with van der Waals surface area (Å²) in [5.41, 5.74) is 0.561. The molecule has 86 valence electrons. The first-order valence-corrected chi connectivity index (χ1v) is 5.00. The molecule has 16 heavy (non-hydrogen) atoms. The van der Waals surface area contributed by atoms with Crippen molar-refractivity contribution in [2.24, 2.45) is 0 Å². The average molecular weight is 222 g/mol. The van der Waals surface area contributed by atoms with Crippen LogP contribution in [-0.4, -0.2) is 25.1 Å². The van der Waals surface area contributed by atoms with Crippen molar-refractivity contribution in [3.63, 3.8) is 0 Å². The van der Waals surface area contributed by atoms with Crippen molar-refractivity contribution >= 4 is 0 Å². The molecule has 1 atom stereocenters. The van der Waals surface area contributed by atoms with E-state index in [1.165, 1.54) is 13.2 Å². The summed E-state index contributed by atoms with van der Waals surface area (Å²) in [5, 5.41) is 8.73. The molecule has 3 nitrogen and oxygen atoms in total. The van der Waals surface area contributed by atoms with Crippen molar-refractivity contribution in [3.8, 4) is 11.8 Å². The van der Waals surface area contributed by atoms with Crippen molar-refractivity contribution in [2.45, 2.75) is 19.5 Å². The minimum absolute atomic E-state index is 0.235. The molecule has 0 aliphatic rings. The maximum absolute atomic E-state index is 13.6. The van der Waals surface area contributed by atoms with Gasteiger partial charge in [-0.05, 0) is 20.0 Å². The molecule has 0 heterocycles. The van der Waals surface area contributed by atoms with Crippen molar-refractivity contribution < 1.29 is 9.13 Å². The molecule has 0 saturated carbocycles. The van der Waals surface area contributed by atoms with Gasteiger partial charge in [0.1, 0.15) is 11.6 Å². The Hall–Kier alpha value is -1.60. The van der Waals surface area contributed by atoms with Gasteiger partial charge in [0.15, 0.2) is 0 Å². The predicted octanol–water partition coefficient (Wildman–Crippen LogP) is 2.18. The highest BCUT2D eigenvalue weighted by molar-refractivity contribution is 5.28. The summed E-state index contributed by atoms with van der Waals surface area (Å²) < 4.78 is 18.5. The fraction of sp³-hybridized carbons (Fsp3) is 0.417. The summed E-state index contributed by atoms with van der Waals surface area (Å²) in [6.07, 6.45) is 0. The third kappa shape index (κ3) is 2.94. The molecule has 1 aromatic rings. The Balaban J connectivity index is 2.79. The molecule has 0 bridgehead atoms. The Kier molecular flexibility index (Phi) is 4.27. The van der Waals surface area contributed by atoms with E-state index in [0.717, 1.165) is 0 Å². The van der Waals surface area contributed by atoms with Gasteiger partial charge in [0.25, 0.3) is 0 Å². The van der Waals surface area contributed by atoms with E-state index in [-0.39, 0.29) is 11.9 Å². The number of hydrogen-bond donors (Lipinski definition) is 0. The van der Waals surface area contributed by atoms with Gasteiger partial charge in [-0.25, -0.2) is 4.39 Å². The molecule has 0 aliphatic carbocycles. The van der Waals surface area contributed by atoms with Gasteiger partial charge in [-0.2, -0.15) is 5.26 Å². The van der Waals surface area contributed by atoms with Crippen LogP contribution >= 0.6 is 0 Å². The van der Waals surface area contributed by atoms with E-state index < -0.39 is 0 Å². The number of benzene rings is 1. The van der Waals surface area contributed by atoms with Crippen molar-refractivity contribution in [1.29, 1.82) is 5.26 Å². The number of hydrogen-bond acceptors (Lipinski definition) is 3. The maximum atomic E-state index is 13.6. The molecule has 0 spiro atoms. The van der Waals surface area contributed by atoms with Crippen molar-refractivity contribution in [1.82, 2.24) is 4.90 Å². The van der Waals surface area contributed by atoms with Gasteiger partial charge in [0.05, 0.1) is 19.2 Å². The van der Waals surface area contributed by atoms with Crippen LogP contribution in [-0.2, 0) is 6.54 Å². The van der Waals surface area contributed by atoms with Gasteiger partial charge in [-0.15, -0.1) is 0 Å². The molecule has 0 N–H and O–H groups in total. The lowest BCUT2D eigenvalue weighted by Gasteiger charge is -2.19. The van der Waals surface area contributed by atoms with E-state index in [9.17, 15) is 4.39 Å². The second-order valence-corrected chi connectivity index (χ2v) is 3.68. The molecule has 1 rings (SSSR count). The van der Waals surface area contributed by atoms with E-state index in [1.807, 2.05) is 0 Å². The lowest BCUT2D eigenvalue weighted by atomic mass is 10.1. The lowest BCUT2D eigenvalue weighted by Crippen LogP contribution is -2.27. The Bertz CT molecular complexity index is 400. The minimum Gasteiger partial charge on any atom is -0.497 e. The number of nitriles is 1. The van der Waals surface area contributed by atoms with E-state index >= 15 is 0 Å². The molecule has 0 saturated heterocycles. The molecule has 0 amide bonds. The molecule has 1 unspecified atom stereocenters. The standard InChI is InChI=1S/C12H15FN2O/c1-9(7-14)15(2)8-10-4-5-11(16-3)6-12(10)13/h4-6,9H,8H2,1-3H3. The largest absolute Gasteiger partial charge is 0.497 e. The van der Waals surface area contributed by atoms with Crippen molar-refractivity contribution in [3.05, 3.63) is 29.6 Å². The molecule has 4 heteroatoms. The van der Waals surface area contributed by atoms with Gasteiger partial charge in [0.2, 0.25) is 0 Å². The van der Waals surface area contributed by atoms with Gasteiger partial charge < -0.3 is 4.74 Å². The highest BCUT2D eigenvalue weighted by atomic mass is 19.1. The summed E-state index contributed by atoms with van der Waals surface area (Å²) in [5.74, 6) is 0.188. The number of halogens is 1. The smallest absolute Gasteiger partial charge is 0.131 e. The molecular formula is C12H15FN2O. The second kappa shape index (κ2) is 5.47. The Labute approximate surface area is 95.1 Å². The number of rotatable bonds is 4. The monoisotopic (exact) mass is 222 g/mol. The van der Waals surface area contributed by atoms with Crippen LogP contribution in [0.5, 0.6) is 5.75 Å². The van der Waals surface area contributed by atoms with Crippen LogP contribution in [0.25, 0.3) is 0 Å². The maximum Gasteiger partial charge on any atom is 0.131 e. The Morgan fingerprint density at radius 1 is 1.56 bits per heavy atom. The topological polar surface area (TPSA) is 36.3 Å². The summed E-state index contributed by atoms with van der Waals surface area (Å²) in [6.45, 7) is 2.19. The number of ether oxygens (including phenoxy) is 1. The predicted molar refractivity (Wildman–Crippen MR) is 59.5 cm³/mol.